The molecule has 3 rings (SSSR count). The Bertz CT molecular complexity index is 1300. The van der Waals surface area contributed by atoms with Gasteiger partial charge in [-0.05, 0) is 44.7 Å². The molecule has 38 heavy (non-hydrogen) atoms. The van der Waals surface area contributed by atoms with E-state index in [9.17, 15) is 23.9 Å². The van der Waals surface area contributed by atoms with Crippen molar-refractivity contribution in [2.24, 2.45) is 0 Å². The molecule has 0 bridgehead atoms. The predicted molar refractivity (Wildman–Crippen MR) is 142 cm³/mol. The summed E-state index contributed by atoms with van der Waals surface area (Å²) < 4.78 is 35.3. The molecule has 2 aromatic rings. The van der Waals surface area contributed by atoms with Gasteiger partial charge in [0.2, 0.25) is 5.82 Å². The maximum Gasteiger partial charge on any atom is 0.328 e. The number of halogens is 3. The normalized spacial score (nSPS) is 23.1. The second-order valence-electron chi connectivity index (χ2n) is 8.71. The number of ether oxygens (including phenoxy) is 2. The number of alkyl halides is 2. The van der Waals surface area contributed by atoms with E-state index in [4.69, 9.17) is 53.5 Å². The molecule has 11 nitrogen and oxygen atoms in total. The monoisotopic (exact) mass is 613 g/mol. The van der Waals surface area contributed by atoms with E-state index in [0.29, 0.717) is 11.9 Å². The van der Waals surface area contributed by atoms with Crippen LogP contribution in [0.15, 0.2) is 46.1 Å². The molecule has 1 aromatic heterocycles. The molecule has 0 aliphatic carbocycles. The maximum atomic E-state index is 13.7. The van der Waals surface area contributed by atoms with Crippen molar-refractivity contribution in [2.45, 2.75) is 62.1 Å². The fourth-order valence-electron chi connectivity index (χ4n) is 3.41. The number of benzene rings is 1. The van der Waals surface area contributed by atoms with Crippen molar-refractivity contribution in [3.05, 3.63) is 63.2 Å². The van der Waals surface area contributed by atoms with E-state index in [1.807, 2.05) is 4.98 Å². The lowest BCUT2D eigenvalue weighted by Crippen LogP contribution is -2.42. The molecule has 2 heterocycles. The molecule has 1 aliphatic rings. The fourth-order valence-corrected chi connectivity index (χ4v) is 6.35. The average Bonchev–Trinajstić information content (AvgIpc) is 3.04. The van der Waals surface area contributed by atoms with Crippen LogP contribution in [0.4, 0.5) is 4.39 Å². The Kier molecular flexibility index (Phi) is 10.2. The summed E-state index contributed by atoms with van der Waals surface area (Å²) in [4.78, 5) is 37.5. The number of nitrogens with zero attached hydrogens (tertiary/aromatic N) is 1. The van der Waals surface area contributed by atoms with E-state index in [-0.39, 0.29) is 12.7 Å². The van der Waals surface area contributed by atoms with Crippen molar-refractivity contribution in [1.82, 2.24) is 14.6 Å². The van der Waals surface area contributed by atoms with Crippen molar-refractivity contribution in [3.63, 3.8) is 0 Å². The topological polar surface area (TPSA) is 141 Å². The third kappa shape index (κ3) is 7.64. The molecule has 1 saturated heterocycles. The number of aromatic nitrogens is 2. The minimum absolute atomic E-state index is 0.358. The van der Waals surface area contributed by atoms with Crippen LogP contribution in [0, 0.1) is 5.82 Å². The maximum absolute atomic E-state index is 13.7. The van der Waals surface area contributed by atoms with Gasteiger partial charge in [0.15, 0.2) is 4.33 Å². The molecule has 5 atom stereocenters. The van der Waals surface area contributed by atoms with E-state index in [1.165, 1.54) is 6.92 Å². The molecule has 1 unspecified atom stereocenters. The van der Waals surface area contributed by atoms with Crippen molar-refractivity contribution in [3.8, 4) is 5.75 Å². The lowest BCUT2D eigenvalue weighted by molar-refractivity contribution is -0.149. The summed E-state index contributed by atoms with van der Waals surface area (Å²) in [5.41, 5.74) is -2.10. The molecular formula is C22H27Cl2FN3O8PS. The van der Waals surface area contributed by atoms with Gasteiger partial charge in [-0.25, -0.2) is 9.88 Å². The van der Waals surface area contributed by atoms with Gasteiger partial charge in [0.05, 0.1) is 25.5 Å². The molecule has 3 N–H and O–H groups in total. The Labute approximate surface area is 232 Å². The number of para-hydroxylation sites is 1. The smallest absolute Gasteiger partial charge is 0.328 e. The van der Waals surface area contributed by atoms with Crippen LogP contribution in [-0.2, 0) is 37.1 Å². The first kappa shape index (κ1) is 30.7. The SMILES string of the molecule is CC(C)OC(=O)[C@@H](C)N[P@](=S)(OC[C@H]1OC(Cn2cc(F)c(=O)[nH]c2=O)C(Cl)(Cl)[C@@H]1O)Oc1ccccc1. The highest BCUT2D eigenvalue weighted by molar-refractivity contribution is 8.09. The second-order valence-corrected chi connectivity index (χ2v) is 13.3. The first-order valence-electron chi connectivity index (χ1n) is 11.4. The standard InChI is InChI=1S/C22H27Cl2FN3O8PS/c1-12(2)34-20(31)13(3)27-37(38,36-14-7-5-4-6-8-14)33-11-16-18(29)22(23,24)17(35-16)10-28-9-15(25)19(30)26-21(28)32/h4-9,12-13,16-18,29H,10-11H2,1-3H3,(H,27,38)(H,26,30,32)/t13-,16-,17?,18-,37+/m1/s1. The van der Waals surface area contributed by atoms with Gasteiger partial charge < -0.3 is 23.6 Å². The molecule has 0 radical (unpaired) electrons. The Hall–Kier alpha value is -1.83. The highest BCUT2D eigenvalue weighted by Crippen LogP contribution is 2.47. The van der Waals surface area contributed by atoms with Gasteiger partial charge in [-0.2, -0.15) is 4.39 Å². The van der Waals surface area contributed by atoms with Crippen LogP contribution in [0.1, 0.15) is 20.8 Å². The number of aliphatic hydroxyl groups excluding tert-OH is 1. The summed E-state index contributed by atoms with van der Waals surface area (Å²) in [6, 6.07) is 7.59. The van der Waals surface area contributed by atoms with Crippen molar-refractivity contribution in [1.29, 1.82) is 0 Å². The summed E-state index contributed by atoms with van der Waals surface area (Å²) in [5.74, 6) is -1.42. The minimum atomic E-state index is -3.46. The number of aromatic amines is 1. The Balaban J connectivity index is 1.76. The number of rotatable bonds is 11. The average molecular weight is 614 g/mol. The van der Waals surface area contributed by atoms with Gasteiger partial charge in [0, 0.05) is 0 Å². The quantitative estimate of drug-likeness (QED) is 0.196. The summed E-state index contributed by atoms with van der Waals surface area (Å²) in [6.45, 7) is 0.705. The molecule has 1 aromatic carbocycles. The molecular weight excluding hydrogens is 587 g/mol. The van der Waals surface area contributed by atoms with Crippen LogP contribution in [0.5, 0.6) is 5.75 Å². The third-order valence-electron chi connectivity index (χ3n) is 5.28. The van der Waals surface area contributed by atoms with E-state index in [0.717, 1.165) is 4.57 Å². The fraction of sp³-hybridized carbons (Fsp3) is 0.500. The first-order valence-corrected chi connectivity index (χ1v) is 14.8. The number of H-pyrrole nitrogens is 1. The first-order chi connectivity index (χ1) is 17.7. The van der Waals surface area contributed by atoms with E-state index in [2.05, 4.69) is 5.09 Å². The van der Waals surface area contributed by atoms with Crippen LogP contribution >= 0.6 is 29.8 Å². The van der Waals surface area contributed by atoms with Crippen LogP contribution < -0.4 is 20.9 Å². The molecule has 210 valence electrons. The lowest BCUT2D eigenvalue weighted by atomic mass is 10.1. The van der Waals surface area contributed by atoms with Crippen LogP contribution in [0.25, 0.3) is 0 Å². The highest BCUT2D eigenvalue weighted by Gasteiger charge is 2.55. The molecule has 0 spiro atoms. The predicted octanol–water partition coefficient (Wildman–Crippen LogP) is 2.23. The van der Waals surface area contributed by atoms with E-state index >= 15 is 0 Å². The number of carbonyl (C=O) groups excluding carboxylic acids is 1. The Morgan fingerprint density at radius 3 is 2.61 bits per heavy atom. The van der Waals surface area contributed by atoms with Gasteiger partial charge in [-0.1, -0.05) is 41.4 Å². The Morgan fingerprint density at radius 2 is 1.97 bits per heavy atom. The van der Waals surface area contributed by atoms with Gasteiger partial charge >= 0.3 is 18.3 Å². The zero-order chi connectivity index (χ0) is 28.3. The van der Waals surface area contributed by atoms with Crippen LogP contribution in [0.3, 0.4) is 0 Å². The minimum Gasteiger partial charge on any atom is -0.462 e. The highest BCUT2D eigenvalue weighted by atomic mass is 35.5. The Morgan fingerprint density at radius 1 is 1.32 bits per heavy atom. The zero-order valence-corrected chi connectivity index (χ0v) is 23.7. The summed E-state index contributed by atoms with van der Waals surface area (Å²) >= 11 is 18.3. The third-order valence-corrected chi connectivity index (χ3v) is 8.71. The summed E-state index contributed by atoms with van der Waals surface area (Å²) in [7, 11) is 0. The van der Waals surface area contributed by atoms with E-state index < -0.39 is 64.9 Å². The summed E-state index contributed by atoms with van der Waals surface area (Å²) in [6.07, 6.45) is -3.57. The van der Waals surface area contributed by atoms with Gasteiger partial charge in [0.25, 0.3) is 5.56 Å². The van der Waals surface area contributed by atoms with Crippen molar-refractivity contribution < 1.29 is 32.8 Å². The largest absolute Gasteiger partial charge is 0.462 e. The molecule has 0 saturated carbocycles. The zero-order valence-electron chi connectivity index (χ0n) is 20.5. The summed E-state index contributed by atoms with van der Waals surface area (Å²) in [5, 5.41) is 13.6. The number of esters is 1. The number of hydrogen-bond donors (Lipinski definition) is 3. The number of nitrogens with one attached hydrogen (secondary N) is 2. The van der Waals surface area contributed by atoms with Crippen LogP contribution in [-0.4, -0.2) is 62.0 Å². The molecule has 0 amide bonds. The van der Waals surface area contributed by atoms with Crippen molar-refractivity contribution >= 4 is 47.6 Å². The number of hydrogen-bond acceptors (Lipinski definition) is 9. The van der Waals surface area contributed by atoms with Gasteiger partial charge in [-0.15, -0.1) is 0 Å². The van der Waals surface area contributed by atoms with Crippen molar-refractivity contribution in [2.75, 3.05) is 6.61 Å². The lowest BCUT2D eigenvalue weighted by Gasteiger charge is -2.28. The van der Waals surface area contributed by atoms with E-state index in [1.54, 1.807) is 44.2 Å². The second kappa shape index (κ2) is 12.6. The molecule has 1 fully saturated rings. The molecule has 16 heteroatoms. The van der Waals surface area contributed by atoms with Gasteiger partial charge in [0.1, 0.15) is 30.1 Å². The van der Waals surface area contributed by atoms with Gasteiger partial charge in [-0.3, -0.25) is 19.1 Å². The number of aliphatic hydroxyl groups is 1. The molecule has 1 aliphatic heterocycles. The van der Waals surface area contributed by atoms with Crippen LogP contribution in [0.2, 0.25) is 0 Å². The number of carbonyl (C=O) groups is 1.